The Morgan fingerprint density at radius 3 is 2.43 bits per heavy atom. The minimum Gasteiger partial charge on any atom is -0.497 e. The Balaban J connectivity index is 1.91. The van der Waals surface area contributed by atoms with E-state index < -0.39 is 12.2 Å². The third-order valence-electron chi connectivity index (χ3n) is 4.15. The predicted molar refractivity (Wildman–Crippen MR) is 106 cm³/mol. The highest BCUT2D eigenvalue weighted by Crippen LogP contribution is 2.21. The minimum absolute atomic E-state index is 0.122. The second-order valence-electron chi connectivity index (χ2n) is 6.15. The zero-order valence-electron chi connectivity index (χ0n) is 16.6. The molecule has 2 unspecified atom stereocenters. The number of methoxy groups -OCH3 is 1. The van der Waals surface area contributed by atoms with Crippen molar-refractivity contribution in [1.82, 2.24) is 0 Å². The molecular weight excluding hydrogens is 360 g/mol. The molecule has 0 saturated carbocycles. The lowest BCUT2D eigenvalue weighted by Gasteiger charge is -2.16. The lowest BCUT2D eigenvalue weighted by Crippen LogP contribution is -2.28. The first kappa shape index (κ1) is 21.7. The summed E-state index contributed by atoms with van der Waals surface area (Å²) in [7, 11) is 1.58. The van der Waals surface area contributed by atoms with Gasteiger partial charge in [-0.25, -0.2) is 4.79 Å². The highest BCUT2D eigenvalue weighted by atomic mass is 16.6. The van der Waals surface area contributed by atoms with Crippen LogP contribution in [0, 0.1) is 0 Å². The second kappa shape index (κ2) is 11.3. The maximum absolute atomic E-state index is 12.0. The number of hydrogen-bond acceptors (Lipinski definition) is 6. The fourth-order valence-electron chi connectivity index (χ4n) is 2.70. The SMILES string of the molecule is CCOC(=O)C(Cc1ccc(OCC(O)c2cccc(OC)c2)cc1)OCC. The largest absolute Gasteiger partial charge is 0.497 e. The molecular formula is C22H28O6. The number of rotatable bonds is 11. The molecule has 2 aromatic carbocycles. The summed E-state index contributed by atoms with van der Waals surface area (Å²) >= 11 is 0. The smallest absolute Gasteiger partial charge is 0.335 e. The maximum Gasteiger partial charge on any atom is 0.335 e. The van der Waals surface area contributed by atoms with Crippen molar-refractivity contribution in [1.29, 1.82) is 0 Å². The number of carbonyl (C=O) groups is 1. The Morgan fingerprint density at radius 2 is 1.79 bits per heavy atom. The molecule has 6 nitrogen and oxygen atoms in total. The standard InChI is InChI=1S/C22H28O6/c1-4-26-21(22(24)27-5-2)13-16-9-11-18(12-10-16)28-15-20(23)17-7-6-8-19(14-17)25-3/h6-12,14,20-21,23H,4-5,13,15H2,1-3H3. The summed E-state index contributed by atoms with van der Waals surface area (Å²) < 4.78 is 21.4. The van der Waals surface area contributed by atoms with Crippen molar-refractivity contribution in [2.75, 3.05) is 26.9 Å². The Bertz CT molecular complexity index is 728. The number of ether oxygens (including phenoxy) is 4. The first-order valence-electron chi connectivity index (χ1n) is 9.39. The van der Waals surface area contributed by atoms with Crippen LogP contribution in [0.15, 0.2) is 48.5 Å². The van der Waals surface area contributed by atoms with Crippen LogP contribution in [0.5, 0.6) is 11.5 Å². The van der Waals surface area contributed by atoms with E-state index in [1.165, 1.54) is 0 Å². The molecule has 2 aromatic rings. The molecule has 0 radical (unpaired) electrons. The van der Waals surface area contributed by atoms with E-state index in [0.717, 1.165) is 11.1 Å². The molecule has 0 heterocycles. The van der Waals surface area contributed by atoms with Crippen LogP contribution in [0.3, 0.4) is 0 Å². The molecule has 0 amide bonds. The van der Waals surface area contributed by atoms with Crippen LogP contribution in [0.4, 0.5) is 0 Å². The van der Waals surface area contributed by atoms with Crippen LogP contribution in [0.2, 0.25) is 0 Å². The number of benzene rings is 2. The first-order chi connectivity index (χ1) is 13.6. The Hall–Kier alpha value is -2.57. The average Bonchev–Trinajstić information content (AvgIpc) is 2.72. The van der Waals surface area contributed by atoms with E-state index in [1.54, 1.807) is 20.1 Å². The molecule has 152 valence electrons. The molecule has 2 rings (SSSR count). The van der Waals surface area contributed by atoms with Gasteiger partial charge in [0.1, 0.15) is 24.2 Å². The molecule has 0 aliphatic heterocycles. The maximum atomic E-state index is 12.0. The second-order valence-corrected chi connectivity index (χ2v) is 6.15. The van der Waals surface area contributed by atoms with E-state index in [4.69, 9.17) is 18.9 Å². The summed E-state index contributed by atoms with van der Waals surface area (Å²) in [5.74, 6) is 0.965. The van der Waals surface area contributed by atoms with Gasteiger partial charge >= 0.3 is 5.97 Å². The molecule has 0 aromatic heterocycles. The van der Waals surface area contributed by atoms with Gasteiger partial charge in [-0.2, -0.15) is 0 Å². The molecule has 0 fully saturated rings. The molecule has 6 heteroatoms. The van der Waals surface area contributed by atoms with Crippen molar-refractivity contribution in [3.05, 3.63) is 59.7 Å². The van der Waals surface area contributed by atoms with Gasteiger partial charge in [0.05, 0.1) is 13.7 Å². The van der Waals surface area contributed by atoms with Crippen LogP contribution >= 0.6 is 0 Å². The number of aliphatic hydroxyl groups excluding tert-OH is 1. The Kier molecular flexibility index (Phi) is 8.78. The number of esters is 1. The van der Waals surface area contributed by atoms with Gasteiger partial charge in [-0.15, -0.1) is 0 Å². The summed E-state index contributed by atoms with van der Waals surface area (Å²) in [6, 6.07) is 14.6. The zero-order valence-corrected chi connectivity index (χ0v) is 16.6. The van der Waals surface area contributed by atoms with Crippen molar-refractivity contribution in [3.63, 3.8) is 0 Å². The molecule has 0 bridgehead atoms. The van der Waals surface area contributed by atoms with Crippen LogP contribution in [-0.2, 0) is 20.7 Å². The molecule has 0 aliphatic rings. The lowest BCUT2D eigenvalue weighted by molar-refractivity contribution is -0.156. The van der Waals surface area contributed by atoms with Crippen molar-refractivity contribution >= 4 is 5.97 Å². The highest BCUT2D eigenvalue weighted by molar-refractivity contribution is 5.75. The average molecular weight is 388 g/mol. The van der Waals surface area contributed by atoms with Crippen LogP contribution in [0.25, 0.3) is 0 Å². The fraction of sp³-hybridized carbons (Fsp3) is 0.409. The monoisotopic (exact) mass is 388 g/mol. The molecule has 0 aliphatic carbocycles. The van der Waals surface area contributed by atoms with Crippen molar-refractivity contribution < 1.29 is 28.8 Å². The van der Waals surface area contributed by atoms with E-state index in [0.29, 0.717) is 31.1 Å². The van der Waals surface area contributed by atoms with E-state index in [9.17, 15) is 9.90 Å². The third kappa shape index (κ3) is 6.55. The van der Waals surface area contributed by atoms with Crippen molar-refractivity contribution in [2.24, 2.45) is 0 Å². The number of hydrogen-bond donors (Lipinski definition) is 1. The van der Waals surface area contributed by atoms with Gasteiger partial charge in [-0.1, -0.05) is 24.3 Å². The van der Waals surface area contributed by atoms with Gasteiger partial charge in [0, 0.05) is 13.0 Å². The van der Waals surface area contributed by atoms with Gasteiger partial charge in [0.2, 0.25) is 0 Å². The minimum atomic E-state index is -0.763. The summed E-state index contributed by atoms with van der Waals surface area (Å²) in [4.78, 5) is 12.0. The van der Waals surface area contributed by atoms with Crippen LogP contribution < -0.4 is 9.47 Å². The normalized spacial score (nSPS) is 12.9. The van der Waals surface area contributed by atoms with E-state index in [2.05, 4.69) is 0 Å². The van der Waals surface area contributed by atoms with Gasteiger partial charge in [-0.3, -0.25) is 0 Å². The molecule has 28 heavy (non-hydrogen) atoms. The quantitative estimate of drug-likeness (QED) is 0.595. The molecule has 2 atom stereocenters. The Labute approximate surface area is 166 Å². The van der Waals surface area contributed by atoms with E-state index in [-0.39, 0.29) is 12.6 Å². The molecule has 0 saturated heterocycles. The summed E-state index contributed by atoms with van der Waals surface area (Å²) in [6.07, 6.45) is -0.952. The predicted octanol–water partition coefficient (Wildman–Crippen LogP) is 3.32. The number of carbonyl (C=O) groups excluding carboxylic acids is 1. The first-order valence-corrected chi connectivity index (χ1v) is 9.39. The van der Waals surface area contributed by atoms with Gasteiger partial charge in [-0.05, 0) is 49.2 Å². The molecule has 0 spiro atoms. The fourth-order valence-corrected chi connectivity index (χ4v) is 2.70. The molecule has 1 N–H and O–H groups in total. The van der Waals surface area contributed by atoms with Gasteiger partial charge in [0.25, 0.3) is 0 Å². The van der Waals surface area contributed by atoms with Gasteiger partial charge < -0.3 is 24.1 Å². The van der Waals surface area contributed by atoms with Gasteiger partial charge in [0.15, 0.2) is 6.10 Å². The summed E-state index contributed by atoms with van der Waals surface area (Å²) in [5.41, 5.74) is 1.66. The van der Waals surface area contributed by atoms with Crippen LogP contribution in [-0.4, -0.2) is 44.1 Å². The summed E-state index contributed by atoms with van der Waals surface area (Å²) in [5, 5.41) is 10.3. The van der Waals surface area contributed by atoms with Crippen molar-refractivity contribution in [3.8, 4) is 11.5 Å². The zero-order chi connectivity index (χ0) is 20.4. The lowest BCUT2D eigenvalue weighted by atomic mass is 10.1. The van der Waals surface area contributed by atoms with E-state index in [1.807, 2.05) is 49.4 Å². The Morgan fingerprint density at radius 1 is 1.04 bits per heavy atom. The van der Waals surface area contributed by atoms with Crippen LogP contribution in [0.1, 0.15) is 31.1 Å². The highest BCUT2D eigenvalue weighted by Gasteiger charge is 2.20. The third-order valence-corrected chi connectivity index (χ3v) is 4.15. The summed E-state index contributed by atoms with van der Waals surface area (Å²) in [6.45, 7) is 4.50. The number of aliphatic hydroxyl groups is 1. The van der Waals surface area contributed by atoms with E-state index >= 15 is 0 Å². The topological polar surface area (TPSA) is 74.2 Å². The van der Waals surface area contributed by atoms with Crippen molar-refractivity contribution in [2.45, 2.75) is 32.5 Å².